The lowest BCUT2D eigenvalue weighted by molar-refractivity contribution is 1.28. The number of fused-ring (bicyclic) bond motifs is 3. The maximum absolute atomic E-state index is 8.39. The van der Waals surface area contributed by atoms with E-state index in [2.05, 4.69) is 95.9 Å². The average Bonchev–Trinajstić information content (AvgIpc) is 3.53. The second kappa shape index (κ2) is 11.3. The van der Waals surface area contributed by atoms with Gasteiger partial charge in [-0.05, 0) is 88.0 Å². The van der Waals surface area contributed by atoms with Gasteiger partial charge >= 0.3 is 0 Å². The Balaban J connectivity index is 1.09. The molecule has 0 aliphatic carbocycles. The number of rotatable bonds is 6. The van der Waals surface area contributed by atoms with E-state index in [9.17, 15) is 0 Å². The number of hydrogen-bond donors (Lipinski definition) is 0. The van der Waals surface area contributed by atoms with E-state index in [-0.39, 0.29) is 29.7 Å². The van der Waals surface area contributed by atoms with E-state index < -0.39 is 6.04 Å². The van der Waals surface area contributed by atoms with Crippen LogP contribution in [0.3, 0.4) is 0 Å². The van der Waals surface area contributed by atoms with Gasteiger partial charge in [0.25, 0.3) is 0 Å². The highest BCUT2D eigenvalue weighted by molar-refractivity contribution is 7.25. The van der Waals surface area contributed by atoms with Crippen LogP contribution in [0.15, 0.2) is 176 Å². The van der Waals surface area contributed by atoms with Crippen molar-refractivity contribution in [3.63, 3.8) is 0 Å². The molecule has 208 valence electrons. The monoisotopic (exact) mass is 584 g/mol. The number of hydrogen-bond acceptors (Lipinski definition) is 2. The largest absolute Gasteiger partial charge is 0.311 e. The molecule has 0 saturated heterocycles. The summed E-state index contributed by atoms with van der Waals surface area (Å²) in [5.74, 6) is 0. The van der Waals surface area contributed by atoms with Gasteiger partial charge in [0.1, 0.15) is 0 Å². The van der Waals surface area contributed by atoms with Crippen LogP contribution in [0.25, 0.3) is 53.6 Å². The third-order valence-electron chi connectivity index (χ3n) is 7.98. The predicted octanol–water partition coefficient (Wildman–Crippen LogP) is 12.5. The molecule has 0 aliphatic rings. The molecule has 7 aromatic carbocycles. The van der Waals surface area contributed by atoms with Crippen molar-refractivity contribution in [3.8, 4) is 33.4 Å². The lowest BCUT2D eigenvalue weighted by Crippen LogP contribution is -2.09. The fraction of sp³-hybridized carbons (Fsp3) is 0. The van der Waals surface area contributed by atoms with Crippen LogP contribution in [0.4, 0.5) is 17.1 Å². The molecule has 0 bridgehead atoms. The number of benzene rings is 7. The molecule has 8 rings (SSSR count). The minimum Gasteiger partial charge on any atom is -0.311 e. The van der Waals surface area contributed by atoms with Crippen LogP contribution >= 0.6 is 11.3 Å². The van der Waals surface area contributed by atoms with Crippen molar-refractivity contribution in [1.29, 1.82) is 0 Å². The summed E-state index contributed by atoms with van der Waals surface area (Å²) >= 11 is 1.83. The first kappa shape index (κ1) is 21.3. The summed E-state index contributed by atoms with van der Waals surface area (Å²) in [6.45, 7) is 0. The van der Waals surface area contributed by atoms with Crippen molar-refractivity contribution in [3.05, 3.63) is 176 Å². The Morgan fingerprint density at radius 3 is 1.52 bits per heavy atom. The molecule has 8 aromatic rings. The van der Waals surface area contributed by atoms with Crippen molar-refractivity contribution >= 4 is 48.6 Å². The molecule has 0 N–H and O–H groups in total. The molecule has 0 amide bonds. The first-order valence-corrected chi connectivity index (χ1v) is 15.3. The van der Waals surface area contributed by atoms with Gasteiger partial charge in [0.05, 0.1) is 6.85 Å². The van der Waals surface area contributed by atoms with E-state index in [4.69, 9.17) is 6.85 Å². The van der Waals surface area contributed by atoms with Gasteiger partial charge in [-0.1, -0.05) is 121 Å². The van der Waals surface area contributed by atoms with Crippen LogP contribution in [-0.2, 0) is 0 Å². The molecule has 0 spiro atoms. The van der Waals surface area contributed by atoms with E-state index in [1.807, 2.05) is 65.9 Å². The first-order chi connectivity index (χ1) is 23.9. The summed E-state index contributed by atoms with van der Waals surface area (Å²) in [5.41, 5.74) is 8.22. The van der Waals surface area contributed by atoms with Crippen molar-refractivity contribution < 1.29 is 6.85 Å². The highest BCUT2D eigenvalue weighted by Crippen LogP contribution is 2.38. The quantitative estimate of drug-likeness (QED) is 0.188. The first-order valence-electron chi connectivity index (χ1n) is 17.0. The van der Waals surface area contributed by atoms with Gasteiger partial charge in [0.15, 0.2) is 0 Å². The van der Waals surface area contributed by atoms with E-state index in [1.165, 1.54) is 31.3 Å². The Hall–Kier alpha value is -5.44. The van der Waals surface area contributed by atoms with Gasteiger partial charge in [-0.3, -0.25) is 0 Å². The molecule has 1 nitrogen and oxygen atoms in total. The zero-order valence-electron chi connectivity index (χ0n) is 28.7. The SMILES string of the molecule is [2H]c1c([2H])c([2H])c(-c2ccc(N(c3ccccc3)c3ccc(-c4ccc(-c5ccc6sc7ccccc7c6c5)cc4)cc3)cc2)c([2H])c1[2H]. The second-order valence-electron chi connectivity index (χ2n) is 10.7. The summed E-state index contributed by atoms with van der Waals surface area (Å²) in [7, 11) is 0. The Morgan fingerprint density at radius 1 is 0.386 bits per heavy atom. The standard InChI is InChI=1S/C42H29NS/c1-3-9-30(10-4-1)32-19-24-37(25-20-32)43(36-11-5-2-6-12-36)38-26-21-33(22-27-38)31-15-17-34(18-16-31)35-23-28-42-40(29-35)39-13-7-8-14-41(39)44-42/h1-29H/i1D,3D,4D,9D,10D. The van der Waals surface area contributed by atoms with Crippen LogP contribution in [0.1, 0.15) is 6.85 Å². The molecular weight excluding hydrogens is 551 g/mol. The van der Waals surface area contributed by atoms with Crippen molar-refractivity contribution in [2.45, 2.75) is 0 Å². The molecular formula is C42H29NS. The Kier molecular flexibility index (Phi) is 5.48. The van der Waals surface area contributed by atoms with E-state index in [1.54, 1.807) is 0 Å². The van der Waals surface area contributed by atoms with E-state index in [0.717, 1.165) is 28.2 Å². The second-order valence-corrected chi connectivity index (χ2v) is 11.7. The number of thiophene rings is 1. The van der Waals surface area contributed by atoms with Gasteiger partial charge in [0, 0.05) is 37.2 Å². The lowest BCUT2D eigenvalue weighted by Gasteiger charge is -2.26. The minimum absolute atomic E-state index is 0.194. The maximum Gasteiger partial charge on any atom is 0.0629 e. The Labute approximate surface area is 269 Å². The molecule has 2 heteroatoms. The number of nitrogens with zero attached hydrogens (tertiary/aromatic N) is 1. The number of anilines is 3. The average molecular weight is 585 g/mol. The molecule has 1 aromatic heterocycles. The molecule has 0 aliphatic heterocycles. The van der Waals surface area contributed by atoms with Crippen molar-refractivity contribution in [2.75, 3.05) is 4.90 Å². The molecule has 1 heterocycles. The normalized spacial score (nSPS) is 12.8. The molecule has 44 heavy (non-hydrogen) atoms. The third kappa shape index (κ3) is 4.96. The lowest BCUT2D eigenvalue weighted by atomic mass is 9.99. The highest BCUT2D eigenvalue weighted by Gasteiger charge is 2.13. The zero-order valence-corrected chi connectivity index (χ0v) is 24.5. The topological polar surface area (TPSA) is 3.24 Å². The molecule has 0 unspecified atom stereocenters. The van der Waals surface area contributed by atoms with Gasteiger partial charge in [-0.25, -0.2) is 0 Å². The molecule has 0 saturated carbocycles. The smallest absolute Gasteiger partial charge is 0.0629 e. The molecule has 0 radical (unpaired) electrons. The van der Waals surface area contributed by atoms with Gasteiger partial charge in [-0.15, -0.1) is 11.3 Å². The van der Waals surface area contributed by atoms with Crippen LogP contribution in [0, 0.1) is 0 Å². The number of para-hydroxylation sites is 1. The molecule has 0 atom stereocenters. The van der Waals surface area contributed by atoms with E-state index >= 15 is 0 Å². The Morgan fingerprint density at radius 2 is 0.864 bits per heavy atom. The van der Waals surface area contributed by atoms with Crippen LogP contribution < -0.4 is 4.90 Å². The summed E-state index contributed by atoms with van der Waals surface area (Å²) in [5, 5.41) is 2.60. The van der Waals surface area contributed by atoms with E-state index in [0.29, 0.717) is 5.56 Å². The third-order valence-corrected chi connectivity index (χ3v) is 9.13. The summed E-state index contributed by atoms with van der Waals surface area (Å²) in [4.78, 5) is 2.14. The van der Waals surface area contributed by atoms with Gasteiger partial charge in [-0.2, -0.15) is 0 Å². The Bertz CT molecular complexity index is 2440. The maximum atomic E-state index is 8.39. The van der Waals surface area contributed by atoms with Crippen LogP contribution in [-0.4, -0.2) is 0 Å². The van der Waals surface area contributed by atoms with Crippen LogP contribution in [0.2, 0.25) is 0 Å². The van der Waals surface area contributed by atoms with Crippen LogP contribution in [0.5, 0.6) is 0 Å². The van der Waals surface area contributed by atoms with Crippen molar-refractivity contribution in [2.24, 2.45) is 0 Å². The summed E-state index contributed by atoms with van der Waals surface area (Å²) in [6, 6.07) is 48.6. The highest BCUT2D eigenvalue weighted by atomic mass is 32.1. The summed E-state index contributed by atoms with van der Waals surface area (Å²) in [6.07, 6.45) is 0. The van der Waals surface area contributed by atoms with Gasteiger partial charge in [0.2, 0.25) is 0 Å². The predicted molar refractivity (Wildman–Crippen MR) is 190 cm³/mol. The fourth-order valence-corrected chi connectivity index (χ4v) is 6.85. The molecule has 0 fully saturated rings. The van der Waals surface area contributed by atoms with Gasteiger partial charge < -0.3 is 4.90 Å². The summed E-state index contributed by atoms with van der Waals surface area (Å²) < 4.78 is 43.5. The van der Waals surface area contributed by atoms with Crippen molar-refractivity contribution in [1.82, 2.24) is 0 Å². The zero-order chi connectivity index (χ0) is 33.6. The minimum atomic E-state index is -0.394. The fourth-order valence-electron chi connectivity index (χ4n) is 5.76.